The van der Waals surface area contributed by atoms with Crippen LogP contribution in [0.3, 0.4) is 0 Å². The summed E-state index contributed by atoms with van der Waals surface area (Å²) in [6.07, 6.45) is 0. The van der Waals surface area contributed by atoms with Gasteiger partial charge in [0.2, 0.25) is 5.91 Å². The first-order chi connectivity index (χ1) is 4.09. The predicted octanol–water partition coefficient (Wildman–Crippen LogP) is -2.98. The zero-order chi connectivity index (χ0) is 7.44. The molecule has 0 bridgehead atoms. The van der Waals surface area contributed by atoms with Gasteiger partial charge in [-0.15, -0.1) is 5.92 Å². The van der Waals surface area contributed by atoms with E-state index >= 15 is 0 Å². The minimum atomic E-state index is -0.514. The minimum Gasteiger partial charge on any atom is -0.338 e. The molecule has 1 unspecified atom stereocenters. The maximum absolute atomic E-state index is 10.5. The van der Waals surface area contributed by atoms with Crippen LogP contribution < -0.4 is 56.9 Å². The van der Waals surface area contributed by atoms with E-state index in [0.29, 0.717) is 0 Å². The molecular weight excluding hydrogens is 176 g/mol. The van der Waals surface area contributed by atoms with Crippen LogP contribution in [0, 0.1) is 19.8 Å². The van der Waals surface area contributed by atoms with Crippen LogP contribution in [0.2, 0.25) is 0 Å². The van der Waals surface area contributed by atoms with Crippen molar-refractivity contribution in [2.75, 3.05) is 0 Å². The molecular formula is C5H10KNO2P-. The second kappa shape index (κ2) is 7.16. The summed E-state index contributed by atoms with van der Waals surface area (Å²) in [4.78, 5) is 10.5. The average molecular weight is 186 g/mol. The molecule has 0 aliphatic carbocycles. The fourth-order valence-electron chi connectivity index (χ4n) is 0.277. The first kappa shape index (κ1) is 14.0. The summed E-state index contributed by atoms with van der Waals surface area (Å²) in [5.41, 5.74) is 1.32. The topological polar surface area (TPSA) is 49.3 Å². The first-order valence-corrected chi connectivity index (χ1v) is 3.12. The van der Waals surface area contributed by atoms with E-state index < -0.39 is 11.8 Å². The van der Waals surface area contributed by atoms with Crippen LogP contribution >= 0.6 is 9.24 Å². The second-order valence-corrected chi connectivity index (χ2v) is 2.60. The van der Waals surface area contributed by atoms with Gasteiger partial charge in [0.05, 0.1) is 0 Å². The molecule has 10 heavy (non-hydrogen) atoms. The Kier molecular flexibility index (Phi) is 10.1. The summed E-state index contributed by atoms with van der Waals surface area (Å²) in [7, 11) is 2.33. The molecule has 0 aromatic heterocycles. The number of amides is 1. The van der Waals surface area contributed by atoms with Crippen LogP contribution in [0.5, 0.6) is 0 Å². The van der Waals surface area contributed by atoms with Crippen LogP contribution in [0.1, 0.15) is 0 Å². The molecule has 3 nitrogen and oxygen atoms in total. The molecule has 0 spiro atoms. The van der Waals surface area contributed by atoms with Gasteiger partial charge >= 0.3 is 51.4 Å². The number of rotatable bonds is 2. The van der Waals surface area contributed by atoms with Gasteiger partial charge in [0, 0.05) is 0 Å². The van der Waals surface area contributed by atoms with Gasteiger partial charge < -0.3 is 13.8 Å². The fourth-order valence-corrected chi connectivity index (χ4v) is 0.452. The molecule has 0 aromatic rings. The molecule has 0 saturated heterocycles. The van der Waals surface area contributed by atoms with Gasteiger partial charge in [-0.05, 0) is 0 Å². The van der Waals surface area contributed by atoms with Crippen LogP contribution in [0.4, 0.5) is 0 Å². The molecule has 3 atom stereocenters. The van der Waals surface area contributed by atoms with Gasteiger partial charge in [0.15, 0.2) is 0 Å². The smallest absolute Gasteiger partial charge is 0.338 e. The van der Waals surface area contributed by atoms with Gasteiger partial charge in [-0.3, -0.25) is 10.0 Å². The van der Waals surface area contributed by atoms with Crippen molar-refractivity contribution in [2.24, 2.45) is 5.92 Å². The third-order valence-corrected chi connectivity index (χ3v) is 1.43. The molecule has 54 valence electrons. The normalized spacial score (nSPS) is 14.8. The molecule has 2 N–H and O–H groups in total. The largest absolute Gasteiger partial charge is 1.00 e. The Morgan fingerprint density at radius 1 is 1.60 bits per heavy atom. The van der Waals surface area contributed by atoms with Gasteiger partial charge in [-0.2, -0.15) is 14.9 Å². The second-order valence-electron chi connectivity index (χ2n) is 1.75. The summed E-state index contributed by atoms with van der Waals surface area (Å²) < 4.78 is 0. The van der Waals surface area contributed by atoms with E-state index in [-0.39, 0.29) is 57.0 Å². The first-order valence-electron chi connectivity index (χ1n) is 2.45. The molecule has 0 saturated carbocycles. The number of carbonyl (C=O) groups excluding carboxylic acids is 1. The van der Waals surface area contributed by atoms with E-state index in [9.17, 15) is 4.79 Å². The van der Waals surface area contributed by atoms with Gasteiger partial charge in [-0.1, -0.05) is 0 Å². The van der Waals surface area contributed by atoms with Crippen molar-refractivity contribution in [3.63, 3.8) is 0 Å². The molecule has 0 aromatic carbocycles. The zero-order valence-corrected chi connectivity index (χ0v) is 10.3. The molecule has 0 radical (unpaired) electrons. The monoisotopic (exact) mass is 186 g/mol. The van der Waals surface area contributed by atoms with Crippen LogP contribution in [-0.4, -0.2) is 16.8 Å². The fraction of sp³-hybridized carbons (Fsp3) is 0.400. The maximum Gasteiger partial charge on any atom is 1.00 e. The Morgan fingerprint density at radius 3 is 2.10 bits per heavy atom. The van der Waals surface area contributed by atoms with Crippen LogP contribution in [-0.2, 0) is 4.79 Å². The summed E-state index contributed by atoms with van der Waals surface area (Å²) in [6.45, 7) is 6.99. The average Bonchev–Trinajstić information content (AvgIpc) is 1.84. The van der Waals surface area contributed by atoms with E-state index in [2.05, 4.69) is 23.1 Å². The number of nitrogens with one attached hydrogen (secondary N) is 1. The Bertz CT molecular complexity index is 110. The van der Waals surface area contributed by atoms with Crippen molar-refractivity contribution in [3.05, 3.63) is 13.8 Å². The maximum atomic E-state index is 10.5. The number of hydrogen-bond acceptors (Lipinski definition) is 2. The summed E-state index contributed by atoms with van der Waals surface area (Å²) >= 11 is 0. The van der Waals surface area contributed by atoms with Crippen molar-refractivity contribution in [2.45, 2.75) is 5.66 Å². The SMILES string of the molecule is [CH2-][C@H](P)[C@H]([CH2-])C(=O)NO.[K+]. The molecule has 5 heteroatoms. The van der Waals surface area contributed by atoms with Crippen LogP contribution in [0.15, 0.2) is 0 Å². The van der Waals surface area contributed by atoms with E-state index in [0.717, 1.165) is 0 Å². The van der Waals surface area contributed by atoms with E-state index in [4.69, 9.17) is 5.21 Å². The third-order valence-electron chi connectivity index (χ3n) is 0.964. The quantitative estimate of drug-likeness (QED) is 0.159. The molecule has 1 amide bonds. The Balaban J connectivity index is 0. The summed E-state index contributed by atoms with van der Waals surface area (Å²) in [5, 5.41) is 8.08. The van der Waals surface area contributed by atoms with Gasteiger partial charge in [-0.25, -0.2) is 5.48 Å². The van der Waals surface area contributed by atoms with Crippen molar-refractivity contribution in [1.82, 2.24) is 5.48 Å². The van der Waals surface area contributed by atoms with E-state index in [1.165, 1.54) is 5.48 Å². The Hall–Kier alpha value is 1.50. The van der Waals surface area contributed by atoms with Crippen molar-refractivity contribution >= 4 is 15.1 Å². The number of carbonyl (C=O) groups is 1. The van der Waals surface area contributed by atoms with Gasteiger partial charge in [0.25, 0.3) is 0 Å². The molecule has 0 aliphatic rings. The third kappa shape index (κ3) is 5.19. The molecule has 0 rings (SSSR count). The van der Waals surface area contributed by atoms with Crippen molar-refractivity contribution in [3.8, 4) is 0 Å². The van der Waals surface area contributed by atoms with Crippen LogP contribution in [0.25, 0.3) is 0 Å². The zero-order valence-electron chi connectivity index (χ0n) is 6.00. The Labute approximate surface area is 106 Å². The standard InChI is InChI=1S/C5H10NO2P.K/c1-3(4(2)9)5(7)6-8;/h3-4,8H,1-2,9H2,(H,6,7);/q-2;+1/t3-,4-;/m0./s1. The molecule has 0 heterocycles. The molecule has 0 fully saturated rings. The van der Waals surface area contributed by atoms with Gasteiger partial charge in [0.1, 0.15) is 0 Å². The van der Waals surface area contributed by atoms with Crippen molar-refractivity contribution in [1.29, 1.82) is 0 Å². The molecule has 0 aliphatic heterocycles. The summed E-state index contributed by atoms with van der Waals surface area (Å²) in [6, 6.07) is 0. The van der Waals surface area contributed by atoms with E-state index in [1.807, 2.05) is 0 Å². The number of hydroxylamine groups is 1. The summed E-state index contributed by atoms with van der Waals surface area (Å²) in [5.74, 6) is -1.02. The Morgan fingerprint density at radius 2 is 2.00 bits per heavy atom. The number of hydrogen-bond donors (Lipinski definition) is 2. The predicted molar refractivity (Wildman–Crippen MR) is 37.6 cm³/mol. The van der Waals surface area contributed by atoms with Crippen molar-refractivity contribution < 1.29 is 61.4 Å². The minimum absolute atomic E-state index is 0. The van der Waals surface area contributed by atoms with E-state index in [1.54, 1.807) is 0 Å².